The van der Waals surface area contributed by atoms with Gasteiger partial charge in [-0.2, -0.15) is 23.7 Å². The molecular weight excluding hydrogens is 446 g/mol. The predicted molar refractivity (Wildman–Crippen MR) is 115 cm³/mol. The fourth-order valence-corrected chi connectivity index (χ4v) is 3.38. The molecule has 13 heteroatoms. The van der Waals surface area contributed by atoms with Crippen LogP contribution in [0.5, 0.6) is 5.88 Å². The van der Waals surface area contributed by atoms with Crippen molar-refractivity contribution in [1.29, 1.82) is 0 Å². The van der Waals surface area contributed by atoms with E-state index in [1.807, 2.05) is 20.8 Å². The van der Waals surface area contributed by atoms with E-state index in [1.165, 1.54) is 12.3 Å². The van der Waals surface area contributed by atoms with Crippen molar-refractivity contribution in [3.8, 4) is 5.88 Å². The van der Waals surface area contributed by atoms with Crippen LogP contribution in [0.3, 0.4) is 0 Å². The maximum absolute atomic E-state index is 12.3. The highest BCUT2D eigenvalue weighted by Crippen LogP contribution is 2.22. The molecule has 2 aromatic heterocycles. The molecule has 0 saturated carbocycles. The van der Waals surface area contributed by atoms with Gasteiger partial charge in [0.2, 0.25) is 27.8 Å². The first kappa shape index (κ1) is 25.6. The second-order valence-corrected chi connectivity index (χ2v) is 9.59. The first-order valence-electron chi connectivity index (χ1n) is 9.96. The van der Waals surface area contributed by atoms with Crippen molar-refractivity contribution < 1.29 is 27.0 Å². The summed E-state index contributed by atoms with van der Waals surface area (Å²) in [5.74, 6) is 0.227. The van der Waals surface area contributed by atoms with E-state index in [2.05, 4.69) is 34.7 Å². The van der Waals surface area contributed by atoms with E-state index < -0.39 is 16.6 Å². The van der Waals surface area contributed by atoms with Crippen LogP contribution in [0.4, 0.5) is 20.7 Å². The second kappa shape index (κ2) is 11.3. The molecule has 1 unspecified atom stereocenters. The first-order chi connectivity index (χ1) is 14.9. The standard InChI is InChI=1S/C19H28F2N6O4S/c1-11(2)7-14(10-28)23-18-24-15(25-19(26-18)27-32(4,29)30)8-12(3)13-5-6-16(22-9-13)31-17(20)21/h5-6,9,11-12,14,17,28H,7-8,10H2,1-4H3,(H2,23,24,25,26,27)/t12?,14-/m1/s1. The summed E-state index contributed by atoms with van der Waals surface area (Å²) in [5.41, 5.74) is 0.729. The van der Waals surface area contributed by atoms with Crippen LogP contribution in [0, 0.1) is 5.92 Å². The molecule has 0 aromatic carbocycles. The number of aliphatic hydroxyl groups excluding tert-OH is 1. The summed E-state index contributed by atoms with van der Waals surface area (Å²) < 4.78 is 54.4. The molecule has 0 fully saturated rings. The normalized spacial score (nSPS) is 13.8. The summed E-state index contributed by atoms with van der Waals surface area (Å²) in [6.45, 7) is 2.77. The van der Waals surface area contributed by atoms with Crippen molar-refractivity contribution in [2.24, 2.45) is 5.92 Å². The van der Waals surface area contributed by atoms with Crippen LogP contribution in [-0.2, 0) is 16.4 Å². The Bertz CT molecular complexity index is 976. The minimum absolute atomic E-state index is 0.131. The van der Waals surface area contributed by atoms with E-state index in [9.17, 15) is 22.3 Å². The lowest BCUT2D eigenvalue weighted by Gasteiger charge is -2.19. The average Bonchev–Trinajstić information content (AvgIpc) is 2.65. The molecular formula is C19H28F2N6O4S. The molecule has 10 nitrogen and oxygen atoms in total. The molecule has 2 aromatic rings. The molecule has 0 aliphatic heterocycles. The zero-order valence-electron chi connectivity index (χ0n) is 18.3. The number of aliphatic hydroxyl groups is 1. The lowest BCUT2D eigenvalue weighted by molar-refractivity contribution is -0.0528. The van der Waals surface area contributed by atoms with Gasteiger partial charge in [0, 0.05) is 18.7 Å². The predicted octanol–water partition coefficient (Wildman–Crippen LogP) is 2.40. The minimum Gasteiger partial charge on any atom is -0.417 e. The zero-order valence-corrected chi connectivity index (χ0v) is 19.1. The van der Waals surface area contributed by atoms with Gasteiger partial charge in [0.05, 0.1) is 18.9 Å². The van der Waals surface area contributed by atoms with E-state index in [0.29, 0.717) is 24.6 Å². The smallest absolute Gasteiger partial charge is 0.388 e. The lowest BCUT2D eigenvalue weighted by Crippen LogP contribution is -2.27. The van der Waals surface area contributed by atoms with Crippen LogP contribution in [0.2, 0.25) is 0 Å². The summed E-state index contributed by atoms with van der Waals surface area (Å²) in [6, 6.07) is 2.63. The Morgan fingerprint density at radius 3 is 2.34 bits per heavy atom. The summed E-state index contributed by atoms with van der Waals surface area (Å²) in [5, 5.41) is 12.6. The van der Waals surface area contributed by atoms with Crippen LogP contribution in [-0.4, -0.2) is 59.0 Å². The maximum atomic E-state index is 12.3. The topological polar surface area (TPSA) is 139 Å². The van der Waals surface area contributed by atoms with E-state index in [-0.39, 0.29) is 36.3 Å². The molecule has 2 heterocycles. The molecule has 0 aliphatic carbocycles. The number of sulfonamides is 1. The van der Waals surface area contributed by atoms with Gasteiger partial charge in [0.15, 0.2) is 0 Å². The Morgan fingerprint density at radius 2 is 1.81 bits per heavy atom. The van der Waals surface area contributed by atoms with Crippen LogP contribution >= 0.6 is 0 Å². The van der Waals surface area contributed by atoms with E-state index in [0.717, 1.165) is 11.8 Å². The van der Waals surface area contributed by atoms with Crippen molar-refractivity contribution in [3.05, 3.63) is 29.7 Å². The van der Waals surface area contributed by atoms with Gasteiger partial charge in [-0.25, -0.2) is 13.4 Å². The molecule has 0 bridgehead atoms. The van der Waals surface area contributed by atoms with Crippen LogP contribution in [0.25, 0.3) is 0 Å². The first-order valence-corrected chi connectivity index (χ1v) is 11.8. The quantitative estimate of drug-likeness (QED) is 0.423. The van der Waals surface area contributed by atoms with Gasteiger partial charge >= 0.3 is 6.61 Å². The van der Waals surface area contributed by atoms with Crippen LogP contribution in [0.15, 0.2) is 18.3 Å². The number of alkyl halides is 2. The van der Waals surface area contributed by atoms with Crippen molar-refractivity contribution in [3.63, 3.8) is 0 Å². The Morgan fingerprint density at radius 1 is 1.12 bits per heavy atom. The second-order valence-electron chi connectivity index (χ2n) is 7.84. The largest absolute Gasteiger partial charge is 0.417 e. The molecule has 0 spiro atoms. The molecule has 2 atom stereocenters. The maximum Gasteiger partial charge on any atom is 0.388 e. The van der Waals surface area contributed by atoms with Crippen molar-refractivity contribution in [1.82, 2.24) is 19.9 Å². The van der Waals surface area contributed by atoms with E-state index in [4.69, 9.17) is 0 Å². The SMILES string of the molecule is CC(C)C[C@H](CO)Nc1nc(CC(C)c2ccc(OC(F)F)nc2)nc(NS(C)(=O)=O)n1. The monoisotopic (exact) mass is 474 g/mol. The Labute approximate surface area is 185 Å². The number of aromatic nitrogens is 4. The highest BCUT2D eigenvalue weighted by Gasteiger charge is 2.17. The molecule has 178 valence electrons. The molecule has 32 heavy (non-hydrogen) atoms. The summed E-state index contributed by atoms with van der Waals surface area (Å²) in [4.78, 5) is 16.5. The highest BCUT2D eigenvalue weighted by atomic mass is 32.2. The van der Waals surface area contributed by atoms with Gasteiger partial charge in [-0.05, 0) is 23.8 Å². The Kier molecular flexibility index (Phi) is 9.01. The number of hydrogen-bond donors (Lipinski definition) is 3. The molecule has 0 amide bonds. The van der Waals surface area contributed by atoms with Crippen molar-refractivity contribution in [2.45, 2.75) is 52.2 Å². The number of nitrogens with zero attached hydrogens (tertiary/aromatic N) is 4. The zero-order chi connectivity index (χ0) is 23.9. The number of rotatable bonds is 12. The number of nitrogens with one attached hydrogen (secondary N) is 2. The average molecular weight is 475 g/mol. The molecule has 0 saturated heterocycles. The third kappa shape index (κ3) is 8.83. The fraction of sp³-hybridized carbons (Fsp3) is 0.579. The highest BCUT2D eigenvalue weighted by molar-refractivity contribution is 7.91. The number of hydrogen-bond acceptors (Lipinski definition) is 9. The van der Waals surface area contributed by atoms with E-state index >= 15 is 0 Å². The summed E-state index contributed by atoms with van der Waals surface area (Å²) in [6.07, 6.45) is 3.35. The number of halogens is 2. The molecule has 0 radical (unpaired) electrons. The minimum atomic E-state index is -3.62. The van der Waals surface area contributed by atoms with Crippen molar-refractivity contribution in [2.75, 3.05) is 22.9 Å². The van der Waals surface area contributed by atoms with E-state index in [1.54, 1.807) is 6.07 Å². The van der Waals surface area contributed by atoms with Crippen LogP contribution in [0.1, 0.15) is 44.5 Å². The molecule has 2 rings (SSSR count). The molecule has 3 N–H and O–H groups in total. The van der Waals surface area contributed by atoms with Gasteiger partial charge in [0.25, 0.3) is 0 Å². The number of ether oxygens (including phenoxy) is 1. The van der Waals surface area contributed by atoms with Gasteiger partial charge < -0.3 is 15.2 Å². The number of anilines is 2. The Balaban J connectivity index is 2.25. The Hall–Kier alpha value is -2.67. The van der Waals surface area contributed by atoms with Crippen molar-refractivity contribution >= 4 is 21.9 Å². The third-order valence-corrected chi connectivity index (χ3v) is 4.85. The van der Waals surface area contributed by atoms with Gasteiger partial charge in [-0.1, -0.05) is 26.8 Å². The third-order valence-electron chi connectivity index (χ3n) is 4.29. The fourth-order valence-electron chi connectivity index (χ4n) is 2.95. The molecule has 0 aliphatic rings. The van der Waals surface area contributed by atoms with Crippen LogP contribution < -0.4 is 14.8 Å². The summed E-state index contributed by atoms with van der Waals surface area (Å²) in [7, 11) is -3.62. The number of pyridine rings is 1. The lowest BCUT2D eigenvalue weighted by atomic mass is 9.99. The summed E-state index contributed by atoms with van der Waals surface area (Å²) >= 11 is 0. The van der Waals surface area contributed by atoms with Gasteiger partial charge in [-0.15, -0.1) is 0 Å². The van der Waals surface area contributed by atoms with Gasteiger partial charge in [0.1, 0.15) is 5.82 Å². The van der Waals surface area contributed by atoms with Gasteiger partial charge in [-0.3, -0.25) is 4.72 Å².